The number of para-hydroxylation sites is 1. The highest BCUT2D eigenvalue weighted by Crippen LogP contribution is 2.23. The highest BCUT2D eigenvalue weighted by atomic mass is 32.2. The summed E-state index contributed by atoms with van der Waals surface area (Å²) in [7, 11) is -3.82. The number of benzene rings is 2. The lowest BCUT2D eigenvalue weighted by Crippen LogP contribution is -2.49. The van der Waals surface area contributed by atoms with Gasteiger partial charge in [-0.1, -0.05) is 24.3 Å². The van der Waals surface area contributed by atoms with Gasteiger partial charge in [-0.2, -0.15) is 0 Å². The van der Waals surface area contributed by atoms with Gasteiger partial charge in [-0.25, -0.2) is 8.42 Å². The third-order valence-corrected chi connectivity index (χ3v) is 7.10. The SMILES string of the molecule is Cc1ccccc1NS(=O)(=O)c1ccc(C)c(C(=O)N2CCN(c3ccncc3)CC2)c1. The second kappa shape index (κ2) is 9.00. The first-order valence-corrected chi connectivity index (χ1v) is 12.0. The van der Waals surface area contributed by atoms with E-state index in [0.29, 0.717) is 37.4 Å². The summed E-state index contributed by atoms with van der Waals surface area (Å²) in [5, 5.41) is 0. The Bertz CT molecular complexity index is 1220. The standard InChI is InChI=1S/C24H26N4O3S/c1-18-7-8-21(32(30,31)26-23-6-4-3-5-19(23)2)17-22(18)24(29)28-15-13-27(14-16-28)20-9-11-25-12-10-20/h3-12,17,26H,13-16H2,1-2H3. The van der Waals surface area contributed by atoms with Crippen molar-refractivity contribution < 1.29 is 13.2 Å². The van der Waals surface area contributed by atoms with E-state index in [9.17, 15) is 13.2 Å². The molecular formula is C24H26N4O3S. The van der Waals surface area contributed by atoms with Gasteiger partial charge in [0.25, 0.3) is 15.9 Å². The van der Waals surface area contributed by atoms with Gasteiger partial charge < -0.3 is 9.80 Å². The molecule has 8 heteroatoms. The van der Waals surface area contributed by atoms with Gasteiger partial charge >= 0.3 is 0 Å². The molecule has 1 aliphatic rings. The number of nitrogens with one attached hydrogen (secondary N) is 1. The van der Waals surface area contributed by atoms with Crippen LogP contribution in [-0.2, 0) is 10.0 Å². The van der Waals surface area contributed by atoms with E-state index in [4.69, 9.17) is 0 Å². The number of rotatable bonds is 5. The number of nitrogens with zero attached hydrogens (tertiary/aromatic N) is 3. The molecule has 1 amide bonds. The van der Waals surface area contributed by atoms with Crippen LogP contribution in [-0.4, -0.2) is 50.4 Å². The molecule has 0 radical (unpaired) electrons. The topological polar surface area (TPSA) is 82.6 Å². The van der Waals surface area contributed by atoms with Gasteiger partial charge in [-0.05, 0) is 55.3 Å². The number of carbonyl (C=O) groups excluding carboxylic acids is 1. The highest BCUT2D eigenvalue weighted by Gasteiger charge is 2.25. The Morgan fingerprint density at radius 3 is 2.28 bits per heavy atom. The van der Waals surface area contributed by atoms with Gasteiger partial charge in [0.05, 0.1) is 10.6 Å². The zero-order chi connectivity index (χ0) is 22.7. The van der Waals surface area contributed by atoms with Crippen LogP contribution in [0, 0.1) is 13.8 Å². The van der Waals surface area contributed by atoms with E-state index < -0.39 is 10.0 Å². The summed E-state index contributed by atoms with van der Waals surface area (Å²) < 4.78 is 28.6. The molecule has 3 aromatic rings. The Morgan fingerprint density at radius 2 is 1.59 bits per heavy atom. The zero-order valence-electron chi connectivity index (χ0n) is 18.2. The van der Waals surface area contributed by atoms with E-state index in [-0.39, 0.29) is 10.8 Å². The Kier molecular flexibility index (Phi) is 6.14. The average molecular weight is 451 g/mol. The van der Waals surface area contributed by atoms with Crippen molar-refractivity contribution in [2.24, 2.45) is 0 Å². The first-order chi connectivity index (χ1) is 15.3. The molecule has 1 saturated heterocycles. The first kappa shape index (κ1) is 21.8. The molecule has 0 atom stereocenters. The summed E-state index contributed by atoms with van der Waals surface area (Å²) >= 11 is 0. The van der Waals surface area contributed by atoms with Crippen molar-refractivity contribution in [2.45, 2.75) is 18.7 Å². The van der Waals surface area contributed by atoms with E-state index in [1.165, 1.54) is 12.1 Å². The Balaban J connectivity index is 1.51. The molecule has 32 heavy (non-hydrogen) atoms. The number of anilines is 2. The van der Waals surface area contributed by atoms with Crippen LogP contribution in [0.15, 0.2) is 71.9 Å². The van der Waals surface area contributed by atoms with Crippen molar-refractivity contribution in [3.05, 3.63) is 83.7 Å². The molecule has 1 N–H and O–H groups in total. The van der Waals surface area contributed by atoms with E-state index in [0.717, 1.165) is 16.8 Å². The lowest BCUT2D eigenvalue weighted by atomic mass is 10.1. The minimum Gasteiger partial charge on any atom is -0.368 e. The molecule has 0 bridgehead atoms. The van der Waals surface area contributed by atoms with Crippen LogP contribution in [0.25, 0.3) is 0 Å². The number of aromatic nitrogens is 1. The molecule has 1 aromatic heterocycles. The smallest absolute Gasteiger partial charge is 0.261 e. The number of carbonyl (C=O) groups is 1. The maximum Gasteiger partial charge on any atom is 0.261 e. The number of hydrogen-bond donors (Lipinski definition) is 1. The molecule has 1 fully saturated rings. The second-order valence-electron chi connectivity index (χ2n) is 7.88. The summed E-state index contributed by atoms with van der Waals surface area (Å²) in [5.41, 5.74) is 3.59. The van der Waals surface area contributed by atoms with Gasteiger partial charge in [0.1, 0.15) is 0 Å². The van der Waals surface area contributed by atoms with Gasteiger partial charge in [-0.15, -0.1) is 0 Å². The van der Waals surface area contributed by atoms with Crippen LogP contribution in [0.3, 0.4) is 0 Å². The van der Waals surface area contributed by atoms with Crippen molar-refractivity contribution >= 4 is 27.3 Å². The van der Waals surface area contributed by atoms with E-state index >= 15 is 0 Å². The summed E-state index contributed by atoms with van der Waals surface area (Å²) in [5.74, 6) is -0.148. The fourth-order valence-electron chi connectivity index (χ4n) is 3.78. The number of hydrogen-bond acceptors (Lipinski definition) is 5. The Labute approximate surface area is 188 Å². The monoisotopic (exact) mass is 450 g/mol. The number of pyridine rings is 1. The lowest BCUT2D eigenvalue weighted by Gasteiger charge is -2.36. The van der Waals surface area contributed by atoms with Crippen LogP contribution in [0.1, 0.15) is 21.5 Å². The molecule has 0 aliphatic carbocycles. The summed E-state index contributed by atoms with van der Waals surface area (Å²) in [6, 6.07) is 15.8. The minimum absolute atomic E-state index is 0.0742. The van der Waals surface area contributed by atoms with Crippen LogP contribution in [0.2, 0.25) is 0 Å². The largest absolute Gasteiger partial charge is 0.368 e. The maximum absolute atomic E-state index is 13.2. The van der Waals surface area contributed by atoms with E-state index in [1.54, 1.807) is 35.5 Å². The lowest BCUT2D eigenvalue weighted by molar-refractivity contribution is 0.0746. The van der Waals surface area contributed by atoms with Crippen LogP contribution in [0.5, 0.6) is 0 Å². The quantitative estimate of drug-likeness (QED) is 0.644. The van der Waals surface area contributed by atoms with Crippen LogP contribution in [0.4, 0.5) is 11.4 Å². The van der Waals surface area contributed by atoms with E-state index in [2.05, 4.69) is 14.6 Å². The average Bonchev–Trinajstić information content (AvgIpc) is 2.81. The summed E-state index contributed by atoms with van der Waals surface area (Å²) in [6.07, 6.45) is 3.51. The number of aryl methyl sites for hydroxylation is 2. The van der Waals surface area contributed by atoms with Crippen molar-refractivity contribution in [2.75, 3.05) is 35.8 Å². The molecular weight excluding hydrogens is 424 g/mol. The third kappa shape index (κ3) is 4.60. The van der Waals surface area contributed by atoms with Crippen molar-refractivity contribution in [1.29, 1.82) is 0 Å². The molecule has 0 spiro atoms. The first-order valence-electron chi connectivity index (χ1n) is 10.5. The van der Waals surface area contributed by atoms with Crippen LogP contribution < -0.4 is 9.62 Å². The van der Waals surface area contributed by atoms with Crippen molar-refractivity contribution in [1.82, 2.24) is 9.88 Å². The fourth-order valence-corrected chi connectivity index (χ4v) is 4.94. The van der Waals surface area contributed by atoms with Crippen molar-refractivity contribution in [3.8, 4) is 0 Å². The molecule has 4 rings (SSSR count). The highest BCUT2D eigenvalue weighted by molar-refractivity contribution is 7.92. The number of piperazine rings is 1. The Morgan fingerprint density at radius 1 is 0.906 bits per heavy atom. The molecule has 1 aliphatic heterocycles. The second-order valence-corrected chi connectivity index (χ2v) is 9.56. The molecule has 0 saturated carbocycles. The molecule has 2 heterocycles. The zero-order valence-corrected chi connectivity index (χ0v) is 19.0. The maximum atomic E-state index is 13.2. The normalized spacial score (nSPS) is 14.3. The molecule has 2 aromatic carbocycles. The van der Waals surface area contributed by atoms with Gasteiger partial charge in [0.2, 0.25) is 0 Å². The van der Waals surface area contributed by atoms with Crippen LogP contribution >= 0.6 is 0 Å². The molecule has 7 nitrogen and oxygen atoms in total. The fraction of sp³-hybridized carbons (Fsp3) is 0.250. The van der Waals surface area contributed by atoms with Crippen molar-refractivity contribution in [3.63, 3.8) is 0 Å². The summed E-state index contributed by atoms with van der Waals surface area (Å²) in [4.78, 5) is 21.4. The predicted molar refractivity (Wildman–Crippen MR) is 126 cm³/mol. The van der Waals surface area contributed by atoms with Gasteiger partial charge in [0.15, 0.2) is 0 Å². The molecule has 0 unspecified atom stereocenters. The van der Waals surface area contributed by atoms with Gasteiger partial charge in [-0.3, -0.25) is 14.5 Å². The number of sulfonamides is 1. The Hall–Kier alpha value is -3.39. The summed E-state index contributed by atoms with van der Waals surface area (Å²) in [6.45, 7) is 6.22. The molecule has 166 valence electrons. The third-order valence-electron chi connectivity index (χ3n) is 5.73. The van der Waals surface area contributed by atoms with E-state index in [1.807, 2.05) is 38.1 Å². The predicted octanol–water partition coefficient (Wildman–Crippen LogP) is 3.46. The number of amides is 1. The minimum atomic E-state index is -3.82. The van der Waals surface area contributed by atoms with Gasteiger partial charge in [0, 0.05) is 49.8 Å².